The van der Waals surface area contributed by atoms with E-state index in [2.05, 4.69) is 22.0 Å². The second-order valence-corrected chi connectivity index (χ2v) is 4.64. The molecule has 1 fully saturated rings. The highest BCUT2D eigenvalue weighted by Gasteiger charge is 2.41. The van der Waals surface area contributed by atoms with Crippen molar-refractivity contribution in [1.29, 1.82) is 5.26 Å². The van der Waals surface area contributed by atoms with Crippen molar-refractivity contribution in [3.8, 4) is 6.07 Å². The van der Waals surface area contributed by atoms with E-state index in [1.807, 2.05) is 11.4 Å². The van der Waals surface area contributed by atoms with E-state index in [9.17, 15) is 0 Å². The Labute approximate surface area is 82.9 Å². The molecule has 4 heteroatoms. The zero-order valence-electron chi connectivity index (χ0n) is 6.21. The summed E-state index contributed by atoms with van der Waals surface area (Å²) in [5.41, 5.74) is -0.351. The van der Waals surface area contributed by atoms with Crippen LogP contribution in [0.5, 0.6) is 0 Å². The Morgan fingerprint density at radius 1 is 1.67 bits per heavy atom. The molecule has 0 unspecified atom stereocenters. The predicted molar refractivity (Wildman–Crippen MR) is 50.1 cm³/mol. The number of hydrogen-bond acceptors (Lipinski definition) is 3. The Balaban J connectivity index is 2.35. The zero-order valence-corrected chi connectivity index (χ0v) is 8.61. The fourth-order valence-electron chi connectivity index (χ4n) is 1.13. The lowest BCUT2D eigenvalue weighted by Crippen LogP contribution is -2.44. The zero-order chi connectivity index (χ0) is 8.60. The van der Waals surface area contributed by atoms with Gasteiger partial charge in [0.25, 0.3) is 0 Å². The van der Waals surface area contributed by atoms with E-state index in [1.54, 1.807) is 11.3 Å². The van der Waals surface area contributed by atoms with Crippen LogP contribution in [0, 0.1) is 11.3 Å². The van der Waals surface area contributed by atoms with Gasteiger partial charge in [0.15, 0.2) is 0 Å². The maximum atomic E-state index is 8.96. The van der Waals surface area contributed by atoms with Crippen molar-refractivity contribution in [2.75, 3.05) is 13.2 Å². The third-order valence-electron chi connectivity index (χ3n) is 1.95. The first-order valence-corrected chi connectivity index (χ1v) is 5.18. The van der Waals surface area contributed by atoms with Crippen LogP contribution in [0.4, 0.5) is 0 Å². The fraction of sp³-hybridized carbons (Fsp3) is 0.375. The van der Waals surface area contributed by atoms with Crippen LogP contribution in [0.15, 0.2) is 15.9 Å². The minimum atomic E-state index is -0.351. The first-order valence-electron chi connectivity index (χ1n) is 3.50. The lowest BCUT2D eigenvalue weighted by atomic mass is 9.86. The van der Waals surface area contributed by atoms with Crippen molar-refractivity contribution in [2.45, 2.75) is 5.41 Å². The number of nitrogens with zero attached hydrogens (tertiary/aromatic N) is 1. The quantitative estimate of drug-likeness (QED) is 0.759. The third-order valence-corrected chi connectivity index (χ3v) is 3.85. The SMILES string of the molecule is N#CC1(c2cc(Br)cs2)COC1. The molecule has 0 atom stereocenters. The van der Waals surface area contributed by atoms with Gasteiger partial charge in [-0.1, -0.05) is 0 Å². The Morgan fingerprint density at radius 3 is 2.75 bits per heavy atom. The van der Waals surface area contributed by atoms with Gasteiger partial charge >= 0.3 is 0 Å². The third kappa shape index (κ3) is 1.09. The number of halogens is 1. The summed E-state index contributed by atoms with van der Waals surface area (Å²) < 4.78 is 6.11. The molecule has 1 aliphatic heterocycles. The largest absolute Gasteiger partial charge is 0.377 e. The molecule has 1 aromatic rings. The molecule has 0 amide bonds. The predicted octanol–water partition coefficient (Wildman–Crippen LogP) is 2.30. The van der Waals surface area contributed by atoms with Crippen LogP contribution in [0.1, 0.15) is 4.88 Å². The van der Waals surface area contributed by atoms with Gasteiger partial charge in [0.05, 0.1) is 19.3 Å². The summed E-state index contributed by atoms with van der Waals surface area (Å²) in [5.74, 6) is 0. The molecule has 2 nitrogen and oxygen atoms in total. The van der Waals surface area contributed by atoms with Crippen LogP contribution in [0.2, 0.25) is 0 Å². The molecule has 0 aliphatic carbocycles. The standard InChI is InChI=1S/C8H6BrNOS/c9-6-1-7(12-2-6)8(3-10)4-11-5-8/h1-2H,4-5H2. The second-order valence-electron chi connectivity index (χ2n) is 2.82. The maximum Gasteiger partial charge on any atom is 0.138 e. The smallest absolute Gasteiger partial charge is 0.138 e. The van der Waals surface area contributed by atoms with Gasteiger partial charge in [-0.25, -0.2) is 0 Å². The van der Waals surface area contributed by atoms with E-state index in [0.29, 0.717) is 13.2 Å². The Hall–Kier alpha value is -0.370. The minimum Gasteiger partial charge on any atom is -0.377 e. The van der Waals surface area contributed by atoms with Gasteiger partial charge in [0, 0.05) is 14.7 Å². The molecule has 1 aliphatic rings. The van der Waals surface area contributed by atoms with Gasteiger partial charge in [0.1, 0.15) is 5.41 Å². The lowest BCUT2D eigenvalue weighted by Gasteiger charge is -2.33. The summed E-state index contributed by atoms with van der Waals surface area (Å²) in [6.07, 6.45) is 0. The van der Waals surface area contributed by atoms with Crippen molar-refractivity contribution >= 4 is 27.3 Å². The molecular formula is C8H6BrNOS. The topological polar surface area (TPSA) is 33.0 Å². The first kappa shape index (κ1) is 8.24. The van der Waals surface area contributed by atoms with Gasteiger partial charge in [-0.3, -0.25) is 0 Å². The number of ether oxygens (including phenoxy) is 1. The molecule has 0 spiro atoms. The van der Waals surface area contributed by atoms with Gasteiger partial charge in [0.2, 0.25) is 0 Å². The van der Waals surface area contributed by atoms with Crippen LogP contribution in [-0.2, 0) is 10.2 Å². The average molecular weight is 244 g/mol. The molecule has 2 heterocycles. The number of hydrogen-bond donors (Lipinski definition) is 0. The van der Waals surface area contributed by atoms with Crippen molar-refractivity contribution in [3.63, 3.8) is 0 Å². The highest BCUT2D eigenvalue weighted by Crippen LogP contribution is 2.36. The minimum absolute atomic E-state index is 0.351. The van der Waals surface area contributed by atoms with Crippen molar-refractivity contribution in [1.82, 2.24) is 0 Å². The monoisotopic (exact) mass is 243 g/mol. The van der Waals surface area contributed by atoms with Crippen molar-refractivity contribution < 1.29 is 4.74 Å². The Morgan fingerprint density at radius 2 is 2.42 bits per heavy atom. The van der Waals surface area contributed by atoms with E-state index in [-0.39, 0.29) is 5.41 Å². The molecule has 12 heavy (non-hydrogen) atoms. The van der Waals surface area contributed by atoms with Crippen LogP contribution in [0.25, 0.3) is 0 Å². The van der Waals surface area contributed by atoms with Crippen molar-refractivity contribution in [2.24, 2.45) is 0 Å². The Kier molecular flexibility index (Phi) is 1.95. The van der Waals surface area contributed by atoms with E-state index >= 15 is 0 Å². The summed E-state index contributed by atoms with van der Waals surface area (Å²) in [5, 5.41) is 11.0. The van der Waals surface area contributed by atoms with Gasteiger partial charge in [-0.15, -0.1) is 11.3 Å². The normalized spacial score (nSPS) is 19.7. The average Bonchev–Trinajstić information content (AvgIpc) is 2.35. The fourth-order valence-corrected chi connectivity index (χ4v) is 2.68. The van der Waals surface area contributed by atoms with Crippen LogP contribution >= 0.6 is 27.3 Å². The molecule has 1 saturated heterocycles. The first-order chi connectivity index (χ1) is 5.77. The number of rotatable bonds is 1. The maximum absolute atomic E-state index is 8.96. The van der Waals surface area contributed by atoms with Gasteiger partial charge in [-0.2, -0.15) is 5.26 Å². The summed E-state index contributed by atoms with van der Waals surface area (Å²) >= 11 is 4.97. The molecule has 0 N–H and O–H groups in total. The molecule has 0 saturated carbocycles. The van der Waals surface area contributed by atoms with Crippen molar-refractivity contribution in [3.05, 3.63) is 20.8 Å². The molecule has 2 rings (SSSR count). The van der Waals surface area contributed by atoms with Crippen LogP contribution in [-0.4, -0.2) is 13.2 Å². The molecule has 62 valence electrons. The van der Waals surface area contributed by atoms with E-state index in [4.69, 9.17) is 10.00 Å². The second kappa shape index (κ2) is 2.84. The Bertz CT molecular complexity index is 337. The summed E-state index contributed by atoms with van der Waals surface area (Å²) in [6.45, 7) is 1.08. The molecular weight excluding hydrogens is 238 g/mol. The van der Waals surface area contributed by atoms with E-state index < -0.39 is 0 Å². The van der Waals surface area contributed by atoms with Gasteiger partial charge < -0.3 is 4.74 Å². The lowest BCUT2D eigenvalue weighted by molar-refractivity contribution is -0.0281. The van der Waals surface area contributed by atoms with Crippen LogP contribution in [0.3, 0.4) is 0 Å². The van der Waals surface area contributed by atoms with Crippen LogP contribution < -0.4 is 0 Å². The molecule has 0 bridgehead atoms. The summed E-state index contributed by atoms with van der Waals surface area (Å²) in [7, 11) is 0. The van der Waals surface area contributed by atoms with E-state index in [1.165, 1.54) is 0 Å². The number of thiophene rings is 1. The molecule has 1 aromatic heterocycles. The molecule has 0 aromatic carbocycles. The highest BCUT2D eigenvalue weighted by atomic mass is 79.9. The van der Waals surface area contributed by atoms with E-state index in [0.717, 1.165) is 9.35 Å². The van der Waals surface area contributed by atoms with Gasteiger partial charge in [-0.05, 0) is 22.0 Å². The highest BCUT2D eigenvalue weighted by molar-refractivity contribution is 9.10. The summed E-state index contributed by atoms with van der Waals surface area (Å²) in [4.78, 5) is 1.10. The molecule has 0 radical (unpaired) electrons. The number of nitriles is 1. The summed E-state index contributed by atoms with van der Waals surface area (Å²) in [6, 6.07) is 4.31.